The van der Waals surface area contributed by atoms with Gasteiger partial charge in [-0.1, -0.05) is 33.1 Å². The van der Waals surface area contributed by atoms with E-state index in [4.69, 9.17) is 11.5 Å². The first-order chi connectivity index (χ1) is 8.40. The lowest BCUT2D eigenvalue weighted by Gasteiger charge is -2.18. The van der Waals surface area contributed by atoms with Crippen molar-refractivity contribution in [3.63, 3.8) is 0 Å². The van der Waals surface area contributed by atoms with Crippen LogP contribution in [0.25, 0.3) is 0 Å². The van der Waals surface area contributed by atoms with Gasteiger partial charge in [-0.15, -0.1) is 6.42 Å². The highest BCUT2D eigenvalue weighted by Gasteiger charge is 2.21. The fourth-order valence-electron chi connectivity index (χ4n) is 1.54. The normalized spacial score (nSPS) is 13.5. The number of aliphatic carboxylic acids is 1. The maximum absolute atomic E-state index is 11.6. The number of carboxylic acids is 1. The van der Waals surface area contributed by atoms with Gasteiger partial charge in [-0.3, -0.25) is 0 Å². The van der Waals surface area contributed by atoms with Crippen LogP contribution in [0.1, 0.15) is 40.0 Å². The first kappa shape index (κ1) is 16.3. The van der Waals surface area contributed by atoms with Crippen molar-refractivity contribution < 1.29 is 14.7 Å². The molecule has 0 aliphatic heterocycles. The first-order valence-electron chi connectivity index (χ1n) is 6.16. The first-order valence-corrected chi connectivity index (χ1v) is 6.16. The van der Waals surface area contributed by atoms with E-state index in [-0.39, 0.29) is 12.0 Å². The standard InChI is InChI=1S/C13H22N2O3/c1-5-7-10(6-2)14-13(18)15-11(12(16)17)8-9(3)4/h2,9-11H,5,7-8H2,1,3-4H3,(H,16,17)(H2,14,15,18). The van der Waals surface area contributed by atoms with Crippen LogP contribution in [0.15, 0.2) is 0 Å². The zero-order valence-electron chi connectivity index (χ0n) is 11.2. The van der Waals surface area contributed by atoms with Crippen LogP contribution in [0.3, 0.4) is 0 Å². The van der Waals surface area contributed by atoms with Gasteiger partial charge >= 0.3 is 12.0 Å². The number of amides is 2. The fraction of sp³-hybridized carbons (Fsp3) is 0.692. The van der Waals surface area contributed by atoms with E-state index < -0.39 is 18.0 Å². The highest BCUT2D eigenvalue weighted by molar-refractivity contribution is 5.82. The highest BCUT2D eigenvalue weighted by Crippen LogP contribution is 2.05. The number of nitrogens with one attached hydrogen (secondary N) is 2. The van der Waals surface area contributed by atoms with E-state index in [2.05, 4.69) is 16.6 Å². The molecule has 0 fully saturated rings. The van der Waals surface area contributed by atoms with E-state index in [1.807, 2.05) is 20.8 Å². The van der Waals surface area contributed by atoms with Crippen LogP contribution in [0.4, 0.5) is 4.79 Å². The molecule has 0 rings (SSSR count). The molecule has 3 N–H and O–H groups in total. The van der Waals surface area contributed by atoms with Crippen molar-refractivity contribution in [1.82, 2.24) is 10.6 Å². The van der Waals surface area contributed by atoms with Crippen molar-refractivity contribution in [2.24, 2.45) is 5.92 Å². The van der Waals surface area contributed by atoms with Gasteiger partial charge in [0.05, 0.1) is 6.04 Å². The average Bonchev–Trinajstić information content (AvgIpc) is 2.26. The van der Waals surface area contributed by atoms with Crippen molar-refractivity contribution in [3.8, 4) is 12.3 Å². The smallest absolute Gasteiger partial charge is 0.326 e. The Morgan fingerprint density at radius 3 is 2.33 bits per heavy atom. The van der Waals surface area contributed by atoms with Gasteiger partial charge in [-0.25, -0.2) is 9.59 Å². The van der Waals surface area contributed by atoms with Crippen LogP contribution in [-0.2, 0) is 4.79 Å². The summed E-state index contributed by atoms with van der Waals surface area (Å²) in [6.45, 7) is 5.76. The van der Waals surface area contributed by atoms with Gasteiger partial charge in [0.1, 0.15) is 6.04 Å². The van der Waals surface area contributed by atoms with Crippen molar-refractivity contribution >= 4 is 12.0 Å². The number of hydrogen-bond acceptors (Lipinski definition) is 2. The van der Waals surface area contributed by atoms with E-state index in [0.717, 1.165) is 6.42 Å². The Balaban J connectivity index is 4.33. The van der Waals surface area contributed by atoms with E-state index in [9.17, 15) is 9.59 Å². The van der Waals surface area contributed by atoms with Gasteiger partial charge in [-0.05, 0) is 18.8 Å². The minimum absolute atomic E-state index is 0.186. The molecule has 0 bridgehead atoms. The maximum Gasteiger partial charge on any atom is 0.326 e. The van der Waals surface area contributed by atoms with E-state index >= 15 is 0 Å². The Hall–Kier alpha value is -1.70. The molecule has 5 nitrogen and oxygen atoms in total. The molecule has 0 aliphatic carbocycles. The minimum atomic E-state index is -1.04. The molecule has 2 atom stereocenters. The largest absolute Gasteiger partial charge is 0.480 e. The predicted octanol–water partition coefficient (Wildman–Crippen LogP) is 1.59. The number of hydrogen-bond donors (Lipinski definition) is 3. The SMILES string of the molecule is C#CC(CCC)NC(=O)NC(CC(C)C)C(=O)O. The van der Waals surface area contributed by atoms with E-state index in [1.165, 1.54) is 0 Å². The third-order valence-corrected chi connectivity index (χ3v) is 2.39. The molecule has 0 aliphatic rings. The molecule has 5 heteroatoms. The van der Waals surface area contributed by atoms with E-state index in [1.54, 1.807) is 0 Å². The highest BCUT2D eigenvalue weighted by atomic mass is 16.4. The summed E-state index contributed by atoms with van der Waals surface area (Å²) in [5.74, 6) is 1.61. The Morgan fingerprint density at radius 1 is 1.33 bits per heavy atom. The zero-order valence-corrected chi connectivity index (χ0v) is 11.2. The molecule has 2 unspecified atom stereocenters. The second kappa shape index (κ2) is 8.40. The van der Waals surface area contributed by atoms with Gasteiger partial charge in [0.15, 0.2) is 0 Å². The third kappa shape index (κ3) is 6.79. The number of terminal acetylenes is 1. The average molecular weight is 254 g/mol. The van der Waals surface area contributed by atoms with Crippen molar-refractivity contribution in [3.05, 3.63) is 0 Å². The molecule has 0 aromatic carbocycles. The molecule has 18 heavy (non-hydrogen) atoms. The van der Waals surface area contributed by atoms with Gasteiger partial charge in [0, 0.05) is 0 Å². The second-order valence-electron chi connectivity index (χ2n) is 4.65. The van der Waals surface area contributed by atoms with Crippen LogP contribution in [0.2, 0.25) is 0 Å². The summed E-state index contributed by atoms with van der Waals surface area (Å²) in [5, 5.41) is 14.0. The Morgan fingerprint density at radius 2 is 1.94 bits per heavy atom. The molecule has 0 saturated heterocycles. The fourth-order valence-corrected chi connectivity index (χ4v) is 1.54. The van der Waals surface area contributed by atoms with Crippen molar-refractivity contribution in [2.75, 3.05) is 0 Å². The second-order valence-corrected chi connectivity index (χ2v) is 4.65. The van der Waals surface area contributed by atoms with Crippen LogP contribution >= 0.6 is 0 Å². The van der Waals surface area contributed by atoms with Crippen LogP contribution < -0.4 is 10.6 Å². The number of urea groups is 1. The lowest BCUT2D eigenvalue weighted by atomic mass is 10.0. The molecule has 102 valence electrons. The minimum Gasteiger partial charge on any atom is -0.480 e. The third-order valence-electron chi connectivity index (χ3n) is 2.39. The lowest BCUT2D eigenvalue weighted by molar-refractivity contribution is -0.139. The summed E-state index contributed by atoms with van der Waals surface area (Å²) in [6.07, 6.45) is 7.18. The molecule has 2 amide bonds. The summed E-state index contributed by atoms with van der Waals surface area (Å²) in [4.78, 5) is 22.6. The topological polar surface area (TPSA) is 78.4 Å². The van der Waals surface area contributed by atoms with Crippen molar-refractivity contribution in [2.45, 2.75) is 52.1 Å². The number of carbonyl (C=O) groups is 2. The quantitative estimate of drug-likeness (QED) is 0.604. The van der Waals surface area contributed by atoms with Crippen molar-refractivity contribution in [1.29, 1.82) is 0 Å². The Kier molecular flexibility index (Phi) is 7.61. The molecule has 0 aromatic heterocycles. The molecule has 0 aromatic rings. The predicted molar refractivity (Wildman–Crippen MR) is 70.1 cm³/mol. The summed E-state index contributed by atoms with van der Waals surface area (Å²) < 4.78 is 0. The molecule has 0 spiro atoms. The monoisotopic (exact) mass is 254 g/mol. The van der Waals surface area contributed by atoms with E-state index in [0.29, 0.717) is 12.8 Å². The van der Waals surface area contributed by atoms with Gasteiger partial charge in [0.25, 0.3) is 0 Å². The number of carboxylic acid groups (broad SMARTS) is 1. The maximum atomic E-state index is 11.6. The summed E-state index contributed by atoms with van der Waals surface area (Å²) in [7, 11) is 0. The van der Waals surface area contributed by atoms with Crippen LogP contribution in [-0.4, -0.2) is 29.2 Å². The van der Waals surface area contributed by atoms with Gasteiger partial charge in [0.2, 0.25) is 0 Å². The number of carbonyl (C=O) groups excluding carboxylic acids is 1. The van der Waals surface area contributed by atoms with Crippen LogP contribution in [0.5, 0.6) is 0 Å². The lowest BCUT2D eigenvalue weighted by Crippen LogP contribution is -2.49. The van der Waals surface area contributed by atoms with Gasteiger partial charge in [-0.2, -0.15) is 0 Å². The van der Waals surface area contributed by atoms with Gasteiger partial charge < -0.3 is 15.7 Å². The van der Waals surface area contributed by atoms with Crippen LogP contribution in [0, 0.1) is 18.3 Å². The summed E-state index contributed by atoms with van der Waals surface area (Å²) in [5.41, 5.74) is 0. The Labute approximate surface area is 108 Å². The summed E-state index contributed by atoms with van der Waals surface area (Å²) >= 11 is 0. The molecule has 0 saturated carbocycles. The zero-order chi connectivity index (χ0) is 14.1. The Bertz CT molecular complexity index is 321. The molecule has 0 radical (unpaired) electrons. The summed E-state index contributed by atoms with van der Waals surface area (Å²) in [6, 6.07) is -1.77. The molecule has 0 heterocycles. The molecular formula is C13H22N2O3. The molecular weight excluding hydrogens is 232 g/mol. The number of rotatable bonds is 7.